The summed E-state index contributed by atoms with van der Waals surface area (Å²) in [5, 5.41) is 0. The topological polar surface area (TPSA) is 90.9 Å². The summed E-state index contributed by atoms with van der Waals surface area (Å²) in [5.41, 5.74) is 2.30. The summed E-state index contributed by atoms with van der Waals surface area (Å²) in [6.45, 7) is 5.89. The standard InChI is InChI=1S/C17H23NO6/c1-17(2,3)23-10-9-14(19)11-15(20)24-18-16(21)22-12-13-7-5-4-6-8-13/h4-8H,9-12H2,1-3H3,(H,18,21). The van der Waals surface area contributed by atoms with E-state index in [0.717, 1.165) is 5.56 Å². The third-order valence-electron chi connectivity index (χ3n) is 2.72. The highest BCUT2D eigenvalue weighted by molar-refractivity contribution is 5.95. The molecule has 1 rings (SSSR count). The molecule has 0 atom stereocenters. The molecular weight excluding hydrogens is 314 g/mol. The average molecular weight is 337 g/mol. The molecule has 0 unspecified atom stereocenters. The van der Waals surface area contributed by atoms with E-state index in [4.69, 9.17) is 9.47 Å². The van der Waals surface area contributed by atoms with Crippen LogP contribution < -0.4 is 5.48 Å². The van der Waals surface area contributed by atoms with Crippen LogP contribution in [-0.2, 0) is 30.5 Å². The number of carbonyl (C=O) groups is 3. The smallest absolute Gasteiger partial charge is 0.441 e. The van der Waals surface area contributed by atoms with Gasteiger partial charge < -0.3 is 14.3 Å². The maximum absolute atomic E-state index is 11.6. The molecule has 7 nitrogen and oxygen atoms in total. The van der Waals surface area contributed by atoms with Gasteiger partial charge in [-0.3, -0.25) is 4.79 Å². The predicted octanol–water partition coefficient (Wildman–Crippen LogP) is 2.54. The second-order valence-electron chi connectivity index (χ2n) is 6.06. The zero-order valence-corrected chi connectivity index (χ0v) is 14.2. The molecule has 7 heteroatoms. The van der Waals surface area contributed by atoms with E-state index in [2.05, 4.69) is 4.84 Å². The number of Topliss-reactive ketones (excluding diaryl/α,β-unsaturated/α-hetero) is 1. The van der Waals surface area contributed by atoms with Gasteiger partial charge >= 0.3 is 12.1 Å². The number of ether oxygens (including phenoxy) is 2. The highest BCUT2D eigenvalue weighted by Crippen LogP contribution is 2.07. The maximum atomic E-state index is 11.6. The van der Waals surface area contributed by atoms with Crippen LogP contribution in [0, 0.1) is 0 Å². The second kappa shape index (κ2) is 9.67. The lowest BCUT2D eigenvalue weighted by molar-refractivity contribution is -0.152. The van der Waals surface area contributed by atoms with Crippen LogP contribution in [0.2, 0.25) is 0 Å². The number of hydroxylamine groups is 1. The third-order valence-corrected chi connectivity index (χ3v) is 2.72. The molecule has 0 aliphatic rings. The lowest BCUT2D eigenvalue weighted by atomic mass is 10.2. The molecule has 0 heterocycles. The normalized spacial score (nSPS) is 10.8. The van der Waals surface area contributed by atoms with Crippen LogP contribution in [0.1, 0.15) is 39.2 Å². The molecule has 1 aromatic carbocycles. The number of carbonyl (C=O) groups excluding carboxylic acids is 3. The molecule has 0 saturated carbocycles. The van der Waals surface area contributed by atoms with Gasteiger partial charge in [-0.05, 0) is 26.3 Å². The first-order valence-corrected chi connectivity index (χ1v) is 7.58. The molecule has 0 spiro atoms. The van der Waals surface area contributed by atoms with Gasteiger partial charge in [0.2, 0.25) is 0 Å². The first kappa shape index (κ1) is 19.6. The molecule has 0 radical (unpaired) electrons. The van der Waals surface area contributed by atoms with Gasteiger partial charge in [0, 0.05) is 6.42 Å². The van der Waals surface area contributed by atoms with E-state index >= 15 is 0 Å². The van der Waals surface area contributed by atoms with Crippen LogP contribution in [0.3, 0.4) is 0 Å². The minimum absolute atomic E-state index is 0.0489. The fraction of sp³-hybridized carbons (Fsp3) is 0.471. The number of ketones is 1. The molecule has 1 amide bonds. The van der Waals surface area contributed by atoms with E-state index < -0.39 is 18.5 Å². The van der Waals surface area contributed by atoms with Crippen LogP contribution in [0.5, 0.6) is 0 Å². The Morgan fingerprint density at radius 1 is 1.08 bits per heavy atom. The zero-order chi connectivity index (χ0) is 18.0. The molecular formula is C17H23NO6. The van der Waals surface area contributed by atoms with Gasteiger partial charge in [-0.15, -0.1) is 5.48 Å². The van der Waals surface area contributed by atoms with Crippen molar-refractivity contribution in [2.75, 3.05) is 6.61 Å². The van der Waals surface area contributed by atoms with Crippen molar-refractivity contribution in [3.63, 3.8) is 0 Å². The van der Waals surface area contributed by atoms with E-state index in [0.29, 0.717) is 0 Å². The quantitative estimate of drug-likeness (QED) is 0.607. The molecule has 1 N–H and O–H groups in total. The Bertz CT molecular complexity index is 550. The molecule has 1 aromatic rings. The van der Waals surface area contributed by atoms with Gasteiger partial charge in [0.05, 0.1) is 12.2 Å². The Morgan fingerprint density at radius 3 is 2.38 bits per heavy atom. The molecule has 0 saturated heterocycles. The van der Waals surface area contributed by atoms with Crippen LogP contribution in [0.25, 0.3) is 0 Å². The number of benzene rings is 1. The SMILES string of the molecule is CC(C)(C)OCCC(=O)CC(=O)ONC(=O)OCc1ccccc1. The van der Waals surface area contributed by atoms with E-state index in [1.165, 1.54) is 0 Å². The molecule has 24 heavy (non-hydrogen) atoms. The molecule has 0 bridgehead atoms. The summed E-state index contributed by atoms with van der Waals surface area (Å²) < 4.78 is 10.2. The number of hydrogen-bond acceptors (Lipinski definition) is 6. The van der Waals surface area contributed by atoms with Crippen molar-refractivity contribution >= 4 is 17.8 Å². The van der Waals surface area contributed by atoms with E-state index in [1.807, 2.05) is 44.5 Å². The first-order chi connectivity index (χ1) is 11.3. The Balaban J connectivity index is 2.16. The first-order valence-electron chi connectivity index (χ1n) is 7.58. The fourth-order valence-corrected chi connectivity index (χ4v) is 1.61. The minimum atomic E-state index is -0.907. The number of rotatable bonds is 7. The van der Waals surface area contributed by atoms with Gasteiger partial charge in [-0.2, -0.15) is 0 Å². The van der Waals surface area contributed by atoms with E-state index in [-0.39, 0.29) is 31.0 Å². The Hall–Kier alpha value is -2.41. The van der Waals surface area contributed by atoms with Gasteiger partial charge in [0.1, 0.15) is 18.8 Å². The largest absolute Gasteiger partial charge is 0.443 e. The highest BCUT2D eigenvalue weighted by atomic mass is 16.7. The number of amides is 1. The number of nitrogens with one attached hydrogen (secondary N) is 1. The third kappa shape index (κ3) is 9.58. The number of hydrogen-bond donors (Lipinski definition) is 1. The molecule has 0 aromatic heterocycles. The monoisotopic (exact) mass is 337 g/mol. The van der Waals surface area contributed by atoms with Gasteiger partial charge in [-0.25, -0.2) is 9.59 Å². The molecule has 0 aliphatic carbocycles. The molecule has 0 fully saturated rings. The Kier molecular flexibility index (Phi) is 7.91. The predicted molar refractivity (Wildman–Crippen MR) is 85.8 cm³/mol. The van der Waals surface area contributed by atoms with Gasteiger partial charge in [-0.1, -0.05) is 30.3 Å². The zero-order valence-electron chi connectivity index (χ0n) is 14.2. The average Bonchev–Trinajstić information content (AvgIpc) is 2.50. The van der Waals surface area contributed by atoms with Crippen molar-refractivity contribution in [1.29, 1.82) is 0 Å². The van der Waals surface area contributed by atoms with Crippen molar-refractivity contribution in [2.45, 2.75) is 45.8 Å². The summed E-state index contributed by atoms with van der Waals surface area (Å²) in [6.07, 6.45) is -1.24. The lowest BCUT2D eigenvalue weighted by Gasteiger charge is -2.18. The molecule has 132 valence electrons. The van der Waals surface area contributed by atoms with Crippen LogP contribution in [0.15, 0.2) is 30.3 Å². The van der Waals surface area contributed by atoms with Crippen LogP contribution in [0.4, 0.5) is 4.79 Å². The van der Waals surface area contributed by atoms with E-state index in [9.17, 15) is 14.4 Å². The van der Waals surface area contributed by atoms with Crippen molar-refractivity contribution in [2.24, 2.45) is 0 Å². The minimum Gasteiger partial charge on any atom is -0.443 e. The summed E-state index contributed by atoms with van der Waals surface area (Å²) in [7, 11) is 0. The van der Waals surface area contributed by atoms with Gasteiger partial charge in [0.25, 0.3) is 0 Å². The van der Waals surface area contributed by atoms with Crippen LogP contribution in [-0.4, -0.2) is 30.1 Å². The summed E-state index contributed by atoms with van der Waals surface area (Å²) in [5.74, 6) is -1.18. The Morgan fingerprint density at radius 2 is 1.75 bits per heavy atom. The maximum Gasteiger partial charge on any atom is 0.441 e. The van der Waals surface area contributed by atoms with Crippen molar-refractivity contribution in [1.82, 2.24) is 5.48 Å². The molecule has 0 aliphatic heterocycles. The lowest BCUT2D eigenvalue weighted by Crippen LogP contribution is -2.29. The summed E-state index contributed by atoms with van der Waals surface area (Å²) >= 11 is 0. The second-order valence-corrected chi connectivity index (χ2v) is 6.06. The summed E-state index contributed by atoms with van der Waals surface area (Å²) in [4.78, 5) is 38.9. The Labute approximate surface area is 141 Å². The highest BCUT2D eigenvalue weighted by Gasteiger charge is 2.15. The van der Waals surface area contributed by atoms with Gasteiger partial charge in [0.15, 0.2) is 0 Å². The van der Waals surface area contributed by atoms with Crippen LogP contribution >= 0.6 is 0 Å². The van der Waals surface area contributed by atoms with E-state index in [1.54, 1.807) is 12.1 Å². The summed E-state index contributed by atoms with van der Waals surface area (Å²) in [6, 6.07) is 9.04. The van der Waals surface area contributed by atoms with Crippen molar-refractivity contribution < 1.29 is 28.7 Å². The van der Waals surface area contributed by atoms with Crippen molar-refractivity contribution in [3.8, 4) is 0 Å². The van der Waals surface area contributed by atoms with Crippen molar-refractivity contribution in [3.05, 3.63) is 35.9 Å². The fourth-order valence-electron chi connectivity index (χ4n) is 1.61.